The summed E-state index contributed by atoms with van der Waals surface area (Å²) in [6, 6.07) is 4.25. The second kappa shape index (κ2) is 6.70. The Hall–Kier alpha value is -2.37. The van der Waals surface area contributed by atoms with Crippen LogP contribution in [-0.2, 0) is 9.59 Å². The third kappa shape index (κ3) is 4.08. The number of carboxylic acid groups (broad SMARTS) is 1. The van der Waals surface area contributed by atoms with Gasteiger partial charge in [-0.25, -0.2) is 4.79 Å². The molecule has 0 radical (unpaired) electrons. The van der Waals surface area contributed by atoms with Gasteiger partial charge in [0.05, 0.1) is 0 Å². The van der Waals surface area contributed by atoms with E-state index in [0.717, 1.165) is 11.1 Å². The molecule has 0 fully saturated rings. The van der Waals surface area contributed by atoms with Gasteiger partial charge in [0.25, 0.3) is 5.91 Å². The average molecular weight is 278 g/mol. The largest absolute Gasteiger partial charge is 0.480 e. The molecule has 1 aromatic rings. The van der Waals surface area contributed by atoms with Gasteiger partial charge >= 0.3 is 5.97 Å². The Labute approximate surface area is 117 Å². The summed E-state index contributed by atoms with van der Waals surface area (Å²) in [5.41, 5.74) is 6.97. The van der Waals surface area contributed by atoms with Crippen molar-refractivity contribution in [1.82, 2.24) is 5.32 Å². The van der Waals surface area contributed by atoms with Gasteiger partial charge in [-0.3, -0.25) is 9.59 Å². The summed E-state index contributed by atoms with van der Waals surface area (Å²) < 4.78 is 0. The molecule has 1 aromatic carbocycles. The highest BCUT2D eigenvalue weighted by Gasteiger charge is 2.22. The normalized spacial score (nSPS) is 11.7. The number of carboxylic acids is 1. The number of amides is 2. The molecular weight excluding hydrogens is 260 g/mol. The van der Waals surface area contributed by atoms with Gasteiger partial charge in [-0.15, -0.1) is 0 Å². The predicted octanol–water partition coefficient (Wildman–Crippen LogP) is 0.752. The van der Waals surface area contributed by atoms with Crippen LogP contribution in [0.25, 0.3) is 0 Å². The molecule has 6 nitrogen and oxygen atoms in total. The minimum atomic E-state index is -1.19. The molecule has 1 rings (SSSR count). The molecule has 2 amide bonds. The maximum atomic E-state index is 12.2. The lowest BCUT2D eigenvalue weighted by Gasteiger charge is -2.16. The minimum absolute atomic E-state index is 0.0265. The van der Waals surface area contributed by atoms with Gasteiger partial charge < -0.3 is 16.2 Å². The molecule has 0 saturated carbocycles. The van der Waals surface area contributed by atoms with E-state index < -0.39 is 23.8 Å². The SMILES string of the molecule is Cc1cccc(C)c1C(=O)NC(CCC(N)=O)C(=O)O. The lowest BCUT2D eigenvalue weighted by molar-refractivity contribution is -0.139. The number of carbonyl (C=O) groups excluding carboxylic acids is 2. The number of hydrogen-bond donors (Lipinski definition) is 3. The van der Waals surface area contributed by atoms with Crippen LogP contribution in [0.4, 0.5) is 0 Å². The topological polar surface area (TPSA) is 109 Å². The highest BCUT2D eigenvalue weighted by Crippen LogP contribution is 2.13. The summed E-state index contributed by atoms with van der Waals surface area (Å²) in [7, 11) is 0. The van der Waals surface area contributed by atoms with Crippen molar-refractivity contribution in [3.05, 3.63) is 34.9 Å². The summed E-state index contributed by atoms with van der Waals surface area (Å²) in [5.74, 6) is -2.25. The summed E-state index contributed by atoms with van der Waals surface area (Å²) in [6.07, 6.45) is -0.120. The number of hydrogen-bond acceptors (Lipinski definition) is 3. The van der Waals surface area contributed by atoms with Crippen molar-refractivity contribution in [3.63, 3.8) is 0 Å². The maximum absolute atomic E-state index is 12.2. The van der Waals surface area contributed by atoms with E-state index in [2.05, 4.69) is 5.32 Å². The quantitative estimate of drug-likeness (QED) is 0.713. The standard InChI is InChI=1S/C14H18N2O4/c1-8-4-3-5-9(2)12(8)13(18)16-10(14(19)20)6-7-11(15)17/h3-5,10H,6-7H2,1-2H3,(H2,15,17)(H,16,18)(H,19,20). The number of aryl methyl sites for hydroxylation is 2. The number of carbonyl (C=O) groups is 3. The zero-order chi connectivity index (χ0) is 15.3. The fraction of sp³-hybridized carbons (Fsp3) is 0.357. The van der Waals surface area contributed by atoms with Crippen LogP contribution in [0.2, 0.25) is 0 Å². The third-order valence-electron chi connectivity index (χ3n) is 2.99. The van der Waals surface area contributed by atoms with Gasteiger partial charge in [0.2, 0.25) is 5.91 Å². The number of benzene rings is 1. The van der Waals surface area contributed by atoms with E-state index >= 15 is 0 Å². The Balaban J connectivity index is 2.86. The fourth-order valence-electron chi connectivity index (χ4n) is 1.95. The van der Waals surface area contributed by atoms with E-state index in [1.54, 1.807) is 26.0 Å². The van der Waals surface area contributed by atoms with Crippen LogP contribution < -0.4 is 11.1 Å². The molecule has 0 aromatic heterocycles. The van der Waals surface area contributed by atoms with E-state index in [-0.39, 0.29) is 12.8 Å². The van der Waals surface area contributed by atoms with Crippen molar-refractivity contribution in [2.24, 2.45) is 5.73 Å². The minimum Gasteiger partial charge on any atom is -0.480 e. The highest BCUT2D eigenvalue weighted by molar-refractivity contribution is 5.99. The maximum Gasteiger partial charge on any atom is 0.326 e. The predicted molar refractivity (Wildman–Crippen MR) is 73.2 cm³/mol. The van der Waals surface area contributed by atoms with Crippen LogP contribution in [0.15, 0.2) is 18.2 Å². The molecule has 0 bridgehead atoms. The van der Waals surface area contributed by atoms with E-state index in [1.165, 1.54) is 0 Å². The summed E-state index contributed by atoms with van der Waals surface area (Å²) >= 11 is 0. The lowest BCUT2D eigenvalue weighted by atomic mass is 10.0. The Morgan fingerprint density at radius 1 is 1.25 bits per heavy atom. The second-order valence-corrected chi connectivity index (χ2v) is 4.64. The smallest absolute Gasteiger partial charge is 0.326 e. The molecule has 0 saturated heterocycles. The Morgan fingerprint density at radius 3 is 2.25 bits per heavy atom. The van der Waals surface area contributed by atoms with Gasteiger partial charge in [0, 0.05) is 12.0 Å². The monoisotopic (exact) mass is 278 g/mol. The molecular formula is C14H18N2O4. The number of primary amides is 1. The molecule has 20 heavy (non-hydrogen) atoms. The van der Waals surface area contributed by atoms with Gasteiger partial charge in [0.15, 0.2) is 0 Å². The van der Waals surface area contributed by atoms with E-state index in [0.29, 0.717) is 5.56 Å². The molecule has 0 aliphatic carbocycles. The molecule has 6 heteroatoms. The average Bonchev–Trinajstić information content (AvgIpc) is 2.33. The first-order valence-electron chi connectivity index (χ1n) is 6.21. The first-order chi connectivity index (χ1) is 9.32. The van der Waals surface area contributed by atoms with Crippen LogP contribution in [0.5, 0.6) is 0 Å². The molecule has 1 atom stereocenters. The van der Waals surface area contributed by atoms with E-state index in [1.807, 2.05) is 6.07 Å². The van der Waals surface area contributed by atoms with Crippen LogP contribution >= 0.6 is 0 Å². The summed E-state index contributed by atoms with van der Waals surface area (Å²) in [5, 5.41) is 11.5. The van der Waals surface area contributed by atoms with Gasteiger partial charge in [-0.1, -0.05) is 18.2 Å². The van der Waals surface area contributed by atoms with Crippen molar-refractivity contribution in [3.8, 4) is 0 Å². The number of nitrogens with two attached hydrogens (primary N) is 1. The Morgan fingerprint density at radius 2 is 1.80 bits per heavy atom. The number of rotatable bonds is 6. The Bertz CT molecular complexity index is 520. The van der Waals surface area contributed by atoms with Crippen molar-refractivity contribution in [1.29, 1.82) is 0 Å². The molecule has 0 heterocycles. The van der Waals surface area contributed by atoms with Crippen LogP contribution in [0.3, 0.4) is 0 Å². The summed E-state index contributed by atoms with van der Waals surface area (Å²) in [6.45, 7) is 3.56. The third-order valence-corrected chi connectivity index (χ3v) is 2.99. The molecule has 0 spiro atoms. The van der Waals surface area contributed by atoms with Crippen molar-refractivity contribution >= 4 is 17.8 Å². The molecule has 1 unspecified atom stereocenters. The van der Waals surface area contributed by atoms with Crippen molar-refractivity contribution in [2.75, 3.05) is 0 Å². The van der Waals surface area contributed by atoms with Crippen molar-refractivity contribution in [2.45, 2.75) is 32.7 Å². The molecule has 4 N–H and O–H groups in total. The van der Waals surface area contributed by atoms with Gasteiger partial charge in [-0.05, 0) is 31.4 Å². The van der Waals surface area contributed by atoms with E-state index in [4.69, 9.17) is 10.8 Å². The first-order valence-corrected chi connectivity index (χ1v) is 6.21. The van der Waals surface area contributed by atoms with Crippen LogP contribution in [-0.4, -0.2) is 28.9 Å². The lowest BCUT2D eigenvalue weighted by Crippen LogP contribution is -2.41. The zero-order valence-electron chi connectivity index (χ0n) is 11.5. The van der Waals surface area contributed by atoms with Gasteiger partial charge in [-0.2, -0.15) is 0 Å². The highest BCUT2D eigenvalue weighted by atomic mass is 16.4. The van der Waals surface area contributed by atoms with E-state index in [9.17, 15) is 14.4 Å². The molecule has 0 aliphatic heterocycles. The van der Waals surface area contributed by atoms with Crippen LogP contribution in [0, 0.1) is 13.8 Å². The van der Waals surface area contributed by atoms with Crippen molar-refractivity contribution < 1.29 is 19.5 Å². The van der Waals surface area contributed by atoms with Crippen LogP contribution in [0.1, 0.15) is 34.3 Å². The molecule has 108 valence electrons. The second-order valence-electron chi connectivity index (χ2n) is 4.64. The Kier molecular flexibility index (Phi) is 5.25. The number of aliphatic carboxylic acids is 1. The fourth-order valence-corrected chi connectivity index (χ4v) is 1.95. The summed E-state index contributed by atoms with van der Waals surface area (Å²) in [4.78, 5) is 33.9. The van der Waals surface area contributed by atoms with Gasteiger partial charge in [0.1, 0.15) is 6.04 Å². The zero-order valence-corrected chi connectivity index (χ0v) is 11.5. The molecule has 0 aliphatic rings. The number of nitrogens with one attached hydrogen (secondary N) is 1. The first kappa shape index (κ1) is 15.7.